The summed E-state index contributed by atoms with van der Waals surface area (Å²) in [5.74, 6) is -1.61. The largest absolute Gasteiger partial charge is 0.478 e. The molecule has 0 saturated carbocycles. The number of carboxylic acid groups (broad SMARTS) is 1. The number of aromatic nitrogens is 1. The third kappa shape index (κ3) is 4.00. The summed E-state index contributed by atoms with van der Waals surface area (Å²) in [6.45, 7) is -0.391. The number of carbonyl (C=O) groups excluding carboxylic acids is 1. The number of likely N-dealkylation sites (N-methyl/N-ethyl adjacent to an activating group) is 1. The van der Waals surface area contributed by atoms with E-state index in [4.69, 9.17) is 5.11 Å². The summed E-state index contributed by atoms with van der Waals surface area (Å²) in [6, 6.07) is 2.18. The SMILES string of the molecule is CN(C)C(=O)CNS(=O)(=O)c1ccc(C(=O)O)cn1. The summed E-state index contributed by atoms with van der Waals surface area (Å²) in [5, 5.41) is 8.32. The maximum atomic E-state index is 11.7. The Kier molecular flexibility index (Phi) is 4.57. The second-order valence-electron chi connectivity index (χ2n) is 3.80. The third-order valence-corrected chi connectivity index (χ3v) is 3.49. The molecule has 0 spiro atoms. The summed E-state index contributed by atoms with van der Waals surface area (Å²) < 4.78 is 25.6. The van der Waals surface area contributed by atoms with E-state index in [9.17, 15) is 18.0 Å². The number of hydrogen-bond acceptors (Lipinski definition) is 5. The molecular weight excluding hydrogens is 274 g/mol. The normalized spacial score (nSPS) is 11.1. The van der Waals surface area contributed by atoms with Crippen molar-refractivity contribution in [1.82, 2.24) is 14.6 Å². The quantitative estimate of drug-likeness (QED) is 0.728. The molecule has 1 heterocycles. The second-order valence-corrected chi connectivity index (χ2v) is 5.52. The van der Waals surface area contributed by atoms with Gasteiger partial charge < -0.3 is 10.0 Å². The lowest BCUT2D eigenvalue weighted by molar-refractivity contribution is -0.127. The highest BCUT2D eigenvalue weighted by Crippen LogP contribution is 2.06. The van der Waals surface area contributed by atoms with Crippen molar-refractivity contribution in [2.75, 3.05) is 20.6 Å². The van der Waals surface area contributed by atoms with E-state index in [2.05, 4.69) is 9.71 Å². The van der Waals surface area contributed by atoms with Gasteiger partial charge in [-0.25, -0.2) is 22.9 Å². The Bertz CT molecular complexity index is 580. The van der Waals surface area contributed by atoms with E-state index in [-0.39, 0.29) is 10.6 Å². The molecule has 0 fully saturated rings. The van der Waals surface area contributed by atoms with Crippen molar-refractivity contribution in [3.8, 4) is 0 Å². The van der Waals surface area contributed by atoms with Gasteiger partial charge >= 0.3 is 5.97 Å². The lowest BCUT2D eigenvalue weighted by Gasteiger charge is -2.11. The maximum absolute atomic E-state index is 11.7. The van der Waals surface area contributed by atoms with Gasteiger partial charge in [0.1, 0.15) is 0 Å². The predicted octanol–water partition coefficient (Wildman–Crippen LogP) is -0.854. The molecule has 1 rings (SSSR count). The van der Waals surface area contributed by atoms with Gasteiger partial charge in [-0.3, -0.25) is 4.79 Å². The van der Waals surface area contributed by atoms with Gasteiger partial charge in [-0.05, 0) is 12.1 Å². The van der Waals surface area contributed by atoms with Crippen molar-refractivity contribution >= 4 is 21.9 Å². The highest BCUT2D eigenvalue weighted by Gasteiger charge is 2.18. The lowest BCUT2D eigenvalue weighted by Crippen LogP contribution is -2.36. The van der Waals surface area contributed by atoms with Crippen LogP contribution in [0.3, 0.4) is 0 Å². The van der Waals surface area contributed by atoms with Gasteiger partial charge in [0.05, 0.1) is 12.1 Å². The fourth-order valence-corrected chi connectivity index (χ4v) is 1.95. The average Bonchev–Trinajstić information content (AvgIpc) is 2.36. The molecule has 9 heteroatoms. The zero-order chi connectivity index (χ0) is 14.6. The lowest BCUT2D eigenvalue weighted by atomic mass is 10.3. The number of rotatable bonds is 5. The molecule has 0 aliphatic rings. The van der Waals surface area contributed by atoms with Crippen LogP contribution in [0.1, 0.15) is 10.4 Å². The Hall–Kier alpha value is -2.00. The standard InChI is InChI=1S/C10H13N3O5S/c1-13(2)9(14)6-12-19(17,18)8-4-3-7(5-11-8)10(15)16/h3-5,12H,6H2,1-2H3,(H,15,16). The van der Waals surface area contributed by atoms with E-state index >= 15 is 0 Å². The Labute approximate surface area is 110 Å². The van der Waals surface area contributed by atoms with Gasteiger partial charge in [0.2, 0.25) is 5.91 Å². The first-order valence-electron chi connectivity index (χ1n) is 5.13. The summed E-state index contributed by atoms with van der Waals surface area (Å²) in [7, 11) is -0.940. The number of carbonyl (C=O) groups is 2. The smallest absolute Gasteiger partial charge is 0.337 e. The minimum absolute atomic E-state index is 0.122. The first kappa shape index (κ1) is 15.1. The van der Waals surface area contributed by atoms with E-state index in [1.807, 2.05) is 0 Å². The first-order valence-corrected chi connectivity index (χ1v) is 6.61. The van der Waals surface area contributed by atoms with E-state index in [1.165, 1.54) is 19.0 Å². The molecule has 2 N–H and O–H groups in total. The zero-order valence-corrected chi connectivity index (χ0v) is 11.1. The number of amides is 1. The Balaban J connectivity index is 2.83. The van der Waals surface area contributed by atoms with Crippen molar-refractivity contribution in [3.63, 3.8) is 0 Å². The van der Waals surface area contributed by atoms with Crippen molar-refractivity contribution in [1.29, 1.82) is 0 Å². The van der Waals surface area contributed by atoms with Gasteiger partial charge in [-0.15, -0.1) is 0 Å². The van der Waals surface area contributed by atoms with Gasteiger partial charge in [-0.1, -0.05) is 0 Å². The molecule has 0 unspecified atom stereocenters. The Morgan fingerprint density at radius 2 is 2.00 bits per heavy atom. The van der Waals surface area contributed by atoms with Crippen LogP contribution in [-0.2, 0) is 14.8 Å². The molecule has 0 aliphatic carbocycles. The van der Waals surface area contributed by atoms with Crippen LogP contribution < -0.4 is 4.72 Å². The molecule has 104 valence electrons. The maximum Gasteiger partial charge on any atom is 0.337 e. The minimum Gasteiger partial charge on any atom is -0.478 e. The molecule has 0 bridgehead atoms. The molecule has 19 heavy (non-hydrogen) atoms. The van der Waals surface area contributed by atoms with Crippen molar-refractivity contribution in [2.24, 2.45) is 0 Å². The predicted molar refractivity (Wildman–Crippen MR) is 65.1 cm³/mol. The number of hydrogen-bond donors (Lipinski definition) is 2. The molecule has 1 amide bonds. The van der Waals surface area contributed by atoms with Crippen LogP contribution in [0.15, 0.2) is 23.4 Å². The Morgan fingerprint density at radius 3 is 2.42 bits per heavy atom. The summed E-state index contributed by atoms with van der Waals surface area (Å²) in [4.78, 5) is 26.6. The summed E-state index contributed by atoms with van der Waals surface area (Å²) in [5.41, 5.74) is -0.122. The number of nitrogens with zero attached hydrogens (tertiary/aromatic N) is 2. The monoisotopic (exact) mass is 287 g/mol. The molecule has 1 aromatic rings. The van der Waals surface area contributed by atoms with Crippen LogP contribution in [0.5, 0.6) is 0 Å². The van der Waals surface area contributed by atoms with Gasteiger partial charge in [0, 0.05) is 20.3 Å². The first-order chi connectivity index (χ1) is 8.74. The molecule has 8 nitrogen and oxygen atoms in total. The van der Waals surface area contributed by atoms with Crippen LogP contribution >= 0.6 is 0 Å². The highest BCUT2D eigenvalue weighted by atomic mass is 32.2. The summed E-state index contributed by atoms with van der Waals surface area (Å²) >= 11 is 0. The van der Waals surface area contributed by atoms with Gasteiger partial charge in [0.15, 0.2) is 5.03 Å². The fourth-order valence-electron chi connectivity index (χ4n) is 1.05. The van der Waals surface area contributed by atoms with E-state index < -0.39 is 28.4 Å². The molecular formula is C10H13N3O5S. The molecule has 0 aromatic carbocycles. The molecule has 0 atom stereocenters. The fraction of sp³-hybridized carbons (Fsp3) is 0.300. The van der Waals surface area contributed by atoms with Crippen LogP contribution in [-0.4, -0.2) is 55.9 Å². The van der Waals surface area contributed by atoms with Crippen LogP contribution in [0.4, 0.5) is 0 Å². The average molecular weight is 287 g/mol. The van der Waals surface area contributed by atoms with Crippen LogP contribution in [0.2, 0.25) is 0 Å². The Morgan fingerprint density at radius 1 is 1.37 bits per heavy atom. The van der Waals surface area contributed by atoms with Crippen LogP contribution in [0.25, 0.3) is 0 Å². The number of nitrogens with one attached hydrogen (secondary N) is 1. The van der Waals surface area contributed by atoms with Crippen molar-refractivity contribution < 1.29 is 23.1 Å². The summed E-state index contributed by atoms with van der Waals surface area (Å²) in [6.07, 6.45) is 0.935. The van der Waals surface area contributed by atoms with E-state index in [1.54, 1.807) is 0 Å². The van der Waals surface area contributed by atoms with Gasteiger partial charge in [0.25, 0.3) is 10.0 Å². The molecule has 0 saturated heterocycles. The topological polar surface area (TPSA) is 117 Å². The van der Waals surface area contributed by atoms with Gasteiger partial charge in [-0.2, -0.15) is 0 Å². The van der Waals surface area contributed by atoms with E-state index in [0.29, 0.717) is 0 Å². The number of aromatic carboxylic acids is 1. The van der Waals surface area contributed by atoms with Crippen molar-refractivity contribution in [3.05, 3.63) is 23.9 Å². The van der Waals surface area contributed by atoms with Crippen molar-refractivity contribution in [2.45, 2.75) is 5.03 Å². The third-order valence-electron chi connectivity index (χ3n) is 2.17. The zero-order valence-electron chi connectivity index (χ0n) is 10.3. The highest BCUT2D eigenvalue weighted by molar-refractivity contribution is 7.89. The number of carboxylic acids is 1. The van der Waals surface area contributed by atoms with E-state index in [0.717, 1.165) is 18.3 Å². The molecule has 1 aromatic heterocycles. The molecule has 0 aliphatic heterocycles. The number of sulfonamides is 1. The second kappa shape index (κ2) is 5.76. The van der Waals surface area contributed by atoms with Crippen LogP contribution in [0, 0.1) is 0 Å². The number of pyridine rings is 1. The molecule has 0 radical (unpaired) electrons. The minimum atomic E-state index is -3.93.